The second-order valence-electron chi connectivity index (χ2n) is 2.62. The minimum Gasteiger partial charge on any atom is -0.462 e. The van der Waals surface area contributed by atoms with Gasteiger partial charge < -0.3 is 20.5 Å². The van der Waals surface area contributed by atoms with Crippen LogP contribution in [0.4, 0.5) is 4.79 Å². The molecule has 0 heterocycles. The number of urea groups is 1. The van der Waals surface area contributed by atoms with Gasteiger partial charge in [-0.15, -0.1) is 0 Å². The predicted molar refractivity (Wildman–Crippen MR) is 67.0 cm³/mol. The van der Waals surface area contributed by atoms with Gasteiger partial charge in [0.05, 0.1) is 13.2 Å². The van der Waals surface area contributed by atoms with Crippen molar-refractivity contribution in [3.63, 3.8) is 0 Å². The van der Waals surface area contributed by atoms with Gasteiger partial charge in [-0.2, -0.15) is 0 Å². The molecule has 0 aromatic rings. The van der Waals surface area contributed by atoms with Crippen molar-refractivity contribution in [2.24, 2.45) is 5.73 Å². The van der Waals surface area contributed by atoms with Gasteiger partial charge in [0.25, 0.3) is 0 Å². The van der Waals surface area contributed by atoms with E-state index in [9.17, 15) is 14.4 Å². The lowest BCUT2D eigenvalue weighted by atomic mass is 10.3. The molecule has 0 bridgehead atoms. The van der Waals surface area contributed by atoms with Crippen molar-refractivity contribution in [1.29, 1.82) is 0 Å². The number of hydrogen-bond acceptors (Lipinski definition) is 5. The molecule has 0 aliphatic rings. The van der Waals surface area contributed by atoms with Gasteiger partial charge >= 0.3 is 18.0 Å². The maximum absolute atomic E-state index is 11.5. The first-order valence-corrected chi connectivity index (χ1v) is 5.82. The topological polar surface area (TPSA) is 108 Å². The molecule has 17 heavy (non-hydrogen) atoms. The van der Waals surface area contributed by atoms with Gasteiger partial charge in [0.2, 0.25) is 0 Å². The van der Waals surface area contributed by atoms with Gasteiger partial charge in [-0.3, -0.25) is 0 Å². The van der Waals surface area contributed by atoms with Crippen LogP contribution < -0.4 is 11.1 Å². The molecule has 0 unspecified atom stereocenters. The molecule has 0 spiro atoms. The Labute approximate surface area is 112 Å². The van der Waals surface area contributed by atoms with Crippen molar-refractivity contribution in [3.8, 4) is 0 Å². The summed E-state index contributed by atoms with van der Waals surface area (Å²) >= 11 is 1.59. The van der Waals surface area contributed by atoms with E-state index < -0.39 is 18.0 Å². The van der Waals surface area contributed by atoms with Crippen molar-refractivity contribution in [1.82, 2.24) is 5.32 Å². The third kappa shape index (κ3) is 5.52. The zero-order valence-electron chi connectivity index (χ0n) is 9.41. The number of rotatable bonds is 5. The monoisotopic (exact) mass is 356 g/mol. The fourth-order valence-electron chi connectivity index (χ4n) is 0.840. The maximum atomic E-state index is 11.5. The molecular formula is C9H13IN2O5. The highest BCUT2D eigenvalue weighted by Gasteiger charge is 2.25. The van der Waals surface area contributed by atoms with Gasteiger partial charge in [-0.1, -0.05) is 0 Å². The molecular weight excluding hydrogens is 343 g/mol. The lowest BCUT2D eigenvalue weighted by molar-refractivity contribution is -0.146. The van der Waals surface area contributed by atoms with Crippen LogP contribution in [0.5, 0.6) is 0 Å². The highest BCUT2D eigenvalue weighted by molar-refractivity contribution is 14.1. The summed E-state index contributed by atoms with van der Waals surface area (Å²) in [7, 11) is 0. The minimum absolute atomic E-state index is 0.0352. The van der Waals surface area contributed by atoms with Crippen LogP contribution in [-0.4, -0.2) is 31.2 Å². The zero-order chi connectivity index (χ0) is 13.4. The molecule has 2 amide bonds. The molecule has 0 saturated carbocycles. The van der Waals surface area contributed by atoms with Crippen LogP contribution in [0.25, 0.3) is 0 Å². The van der Waals surface area contributed by atoms with E-state index in [-0.39, 0.29) is 22.5 Å². The molecule has 0 aromatic carbocycles. The molecule has 0 atom stereocenters. The predicted octanol–water partition coefficient (Wildman–Crippen LogP) is 0.428. The van der Waals surface area contributed by atoms with Crippen LogP contribution in [0.2, 0.25) is 0 Å². The second-order valence-corrected chi connectivity index (χ2v) is 3.70. The molecule has 7 nitrogen and oxygen atoms in total. The molecule has 0 radical (unpaired) electrons. The van der Waals surface area contributed by atoms with Crippen LogP contribution in [0, 0.1) is 0 Å². The van der Waals surface area contributed by atoms with Crippen LogP contribution in [-0.2, 0) is 19.1 Å². The Kier molecular flexibility index (Phi) is 7.26. The summed E-state index contributed by atoms with van der Waals surface area (Å²) in [6.07, 6.45) is 0. The van der Waals surface area contributed by atoms with E-state index >= 15 is 0 Å². The first-order valence-electron chi connectivity index (χ1n) is 4.74. The summed E-state index contributed by atoms with van der Waals surface area (Å²) in [5.41, 5.74) is 4.50. The van der Waals surface area contributed by atoms with E-state index in [4.69, 9.17) is 5.73 Å². The average molecular weight is 356 g/mol. The van der Waals surface area contributed by atoms with Crippen LogP contribution in [0.15, 0.2) is 9.28 Å². The Morgan fingerprint density at radius 2 is 1.53 bits per heavy atom. The summed E-state index contributed by atoms with van der Waals surface area (Å²) in [4.78, 5) is 33.7. The average Bonchev–Trinajstić information content (AvgIpc) is 2.17. The Morgan fingerprint density at radius 3 is 1.82 bits per heavy atom. The molecule has 0 aliphatic heterocycles. The highest BCUT2D eigenvalue weighted by Crippen LogP contribution is 2.13. The van der Waals surface area contributed by atoms with Crippen LogP contribution in [0.3, 0.4) is 0 Å². The largest absolute Gasteiger partial charge is 0.462 e. The number of carbonyl (C=O) groups excluding carboxylic acids is 3. The number of esters is 2. The first-order chi connectivity index (χ1) is 7.93. The Morgan fingerprint density at radius 1 is 1.12 bits per heavy atom. The van der Waals surface area contributed by atoms with Crippen molar-refractivity contribution < 1.29 is 23.9 Å². The van der Waals surface area contributed by atoms with Gasteiger partial charge in [0, 0.05) is 0 Å². The Bertz CT molecular complexity index is 333. The van der Waals surface area contributed by atoms with Gasteiger partial charge in [0.15, 0.2) is 5.57 Å². The van der Waals surface area contributed by atoms with Gasteiger partial charge in [-0.25, -0.2) is 14.4 Å². The quantitative estimate of drug-likeness (QED) is 0.185. The molecule has 0 aromatic heterocycles. The van der Waals surface area contributed by atoms with E-state index in [1.54, 1.807) is 36.4 Å². The highest BCUT2D eigenvalue weighted by atomic mass is 127. The molecule has 8 heteroatoms. The number of primary amides is 1. The van der Waals surface area contributed by atoms with Crippen molar-refractivity contribution >= 4 is 40.6 Å². The number of carbonyl (C=O) groups is 3. The standard InChI is InChI=1S/C9H13IN2O5/c1-3-16-7(13)5(8(14)17-4-2)6(10)12-9(11)15/h3-4H2,1-2H3,(H3,11,12,15). The number of ether oxygens (including phenoxy) is 2. The molecule has 96 valence electrons. The van der Waals surface area contributed by atoms with E-state index in [0.717, 1.165) is 0 Å². The number of amides is 2. The van der Waals surface area contributed by atoms with Crippen molar-refractivity contribution in [2.45, 2.75) is 13.8 Å². The molecule has 3 N–H and O–H groups in total. The Hall–Kier alpha value is -1.32. The smallest absolute Gasteiger partial charge is 0.348 e. The molecule has 0 aliphatic carbocycles. The normalized spacial score (nSPS) is 9.12. The number of halogens is 1. The molecule has 0 saturated heterocycles. The second kappa shape index (κ2) is 7.87. The number of nitrogens with two attached hydrogens (primary N) is 1. The summed E-state index contributed by atoms with van der Waals surface area (Å²) in [5.74, 6) is -1.74. The fraction of sp³-hybridized carbons (Fsp3) is 0.444. The third-order valence-electron chi connectivity index (χ3n) is 1.41. The summed E-state index contributed by atoms with van der Waals surface area (Å²) in [6, 6.07) is -0.888. The Balaban J connectivity index is 5.14. The van der Waals surface area contributed by atoms with Crippen LogP contribution >= 0.6 is 22.6 Å². The lowest BCUT2D eigenvalue weighted by Crippen LogP contribution is -2.31. The van der Waals surface area contributed by atoms with E-state index in [0.29, 0.717) is 0 Å². The minimum atomic E-state index is -0.888. The SMILES string of the molecule is CCOC(=O)C(C(=O)OCC)=C(I)NC(N)=O. The first kappa shape index (κ1) is 15.7. The molecule has 0 rings (SSSR count). The summed E-state index contributed by atoms with van der Waals surface area (Å²) in [5, 5.41) is 2.12. The van der Waals surface area contributed by atoms with Crippen molar-refractivity contribution in [3.05, 3.63) is 9.28 Å². The fourth-order valence-corrected chi connectivity index (χ4v) is 1.55. The van der Waals surface area contributed by atoms with Gasteiger partial charge in [0.1, 0.15) is 3.70 Å². The van der Waals surface area contributed by atoms with E-state index in [1.807, 2.05) is 0 Å². The molecule has 0 fully saturated rings. The third-order valence-corrected chi connectivity index (χ3v) is 2.22. The maximum Gasteiger partial charge on any atom is 0.348 e. The van der Waals surface area contributed by atoms with E-state index in [1.165, 1.54) is 0 Å². The summed E-state index contributed by atoms with van der Waals surface area (Å²) < 4.78 is 9.32. The zero-order valence-corrected chi connectivity index (χ0v) is 11.6. The number of nitrogens with one attached hydrogen (secondary N) is 1. The van der Waals surface area contributed by atoms with Crippen LogP contribution in [0.1, 0.15) is 13.8 Å². The van der Waals surface area contributed by atoms with E-state index in [2.05, 4.69) is 14.8 Å². The van der Waals surface area contributed by atoms with Crippen molar-refractivity contribution in [2.75, 3.05) is 13.2 Å². The van der Waals surface area contributed by atoms with Gasteiger partial charge in [-0.05, 0) is 36.4 Å². The number of hydrogen-bond donors (Lipinski definition) is 2. The lowest BCUT2D eigenvalue weighted by Gasteiger charge is -2.09. The summed E-state index contributed by atoms with van der Waals surface area (Å²) in [6.45, 7) is 3.38.